The summed E-state index contributed by atoms with van der Waals surface area (Å²) in [5.41, 5.74) is -1.15. The van der Waals surface area contributed by atoms with Crippen molar-refractivity contribution in [3.63, 3.8) is 0 Å². The molecule has 124 valence electrons. The molecule has 0 N–H and O–H groups in total. The Bertz CT molecular complexity index is 736. The van der Waals surface area contributed by atoms with Crippen molar-refractivity contribution in [2.24, 2.45) is 0 Å². The molecule has 0 radical (unpaired) electrons. The fraction of sp³-hybridized carbons (Fsp3) is 0.625. The Hall–Kier alpha value is -1.37. The minimum Gasteiger partial charge on any atom is -0.311 e. The van der Waals surface area contributed by atoms with E-state index in [1.807, 2.05) is 13.8 Å². The third-order valence-corrected chi connectivity index (χ3v) is 5.93. The second kappa shape index (κ2) is 4.82. The van der Waals surface area contributed by atoms with Gasteiger partial charge in [-0.3, -0.25) is 0 Å². The van der Waals surface area contributed by atoms with E-state index >= 15 is 0 Å². The van der Waals surface area contributed by atoms with Crippen LogP contribution in [0, 0.1) is 0 Å². The summed E-state index contributed by atoms with van der Waals surface area (Å²) in [4.78, 5) is 0.682. The van der Waals surface area contributed by atoms with E-state index in [-0.39, 0.29) is 0 Å². The number of halogens is 3. The molecule has 0 amide bonds. The number of nitrogens with zero attached hydrogens (tertiary/aromatic N) is 3. The molecule has 2 fully saturated rings. The molecule has 0 aromatic carbocycles. The molecule has 2 aliphatic rings. The van der Waals surface area contributed by atoms with Crippen molar-refractivity contribution in [1.82, 2.24) is 14.8 Å². The van der Waals surface area contributed by atoms with Crippen LogP contribution in [0.25, 0.3) is 0 Å². The molecule has 7 heteroatoms. The molecule has 0 atom stereocenters. The number of alkyl halides is 3. The average molecular weight is 341 g/mol. The highest BCUT2D eigenvalue weighted by atomic mass is 32.1. The van der Waals surface area contributed by atoms with E-state index in [0.29, 0.717) is 16.8 Å². The first-order valence-electron chi connectivity index (χ1n) is 7.90. The van der Waals surface area contributed by atoms with Gasteiger partial charge in [0.1, 0.15) is 11.6 Å². The van der Waals surface area contributed by atoms with Crippen molar-refractivity contribution in [2.75, 3.05) is 0 Å². The monoisotopic (exact) mass is 341 g/mol. The van der Waals surface area contributed by atoms with Gasteiger partial charge in [0, 0.05) is 22.2 Å². The van der Waals surface area contributed by atoms with Gasteiger partial charge >= 0.3 is 6.18 Å². The van der Waals surface area contributed by atoms with Crippen LogP contribution in [-0.2, 0) is 11.6 Å². The molecule has 3 nitrogen and oxygen atoms in total. The zero-order valence-electron chi connectivity index (χ0n) is 13.0. The maximum atomic E-state index is 12.9. The standard InChI is InChI=1S/C16H18F3N3S/c1-15(2,12-7-10(8-23-12)16(17,18)19)14-21-20-13(9-3-4-9)22(14)11-5-6-11/h7-9,11H,3-6H2,1-2H3. The first-order valence-corrected chi connectivity index (χ1v) is 8.78. The van der Waals surface area contributed by atoms with Crippen LogP contribution in [0.5, 0.6) is 0 Å². The predicted octanol–water partition coefficient (Wildman–Crippen LogP) is 4.90. The summed E-state index contributed by atoms with van der Waals surface area (Å²) >= 11 is 1.15. The van der Waals surface area contributed by atoms with E-state index in [1.165, 1.54) is 11.4 Å². The summed E-state index contributed by atoms with van der Waals surface area (Å²) in [6, 6.07) is 1.69. The van der Waals surface area contributed by atoms with E-state index in [4.69, 9.17) is 0 Å². The lowest BCUT2D eigenvalue weighted by atomic mass is 9.89. The highest BCUT2D eigenvalue weighted by Gasteiger charge is 2.42. The topological polar surface area (TPSA) is 30.7 Å². The predicted molar refractivity (Wildman–Crippen MR) is 81.7 cm³/mol. The average Bonchev–Trinajstić information content (AvgIpc) is 3.39. The van der Waals surface area contributed by atoms with Gasteiger partial charge < -0.3 is 4.57 Å². The molecule has 2 aliphatic carbocycles. The zero-order chi connectivity index (χ0) is 16.4. The Morgan fingerprint density at radius 2 is 1.83 bits per heavy atom. The van der Waals surface area contributed by atoms with Crippen LogP contribution in [0.4, 0.5) is 13.2 Å². The molecular weight excluding hydrogens is 323 g/mol. The number of thiophene rings is 1. The summed E-state index contributed by atoms with van der Waals surface area (Å²) in [7, 11) is 0. The van der Waals surface area contributed by atoms with Crippen molar-refractivity contribution in [2.45, 2.75) is 63.1 Å². The minimum absolute atomic E-state index is 0.428. The normalized spacial score (nSPS) is 19.3. The highest BCUT2D eigenvalue weighted by molar-refractivity contribution is 7.10. The molecule has 2 aromatic heterocycles. The molecule has 2 aromatic rings. The van der Waals surface area contributed by atoms with Crippen LogP contribution >= 0.6 is 11.3 Å². The summed E-state index contributed by atoms with van der Waals surface area (Å²) in [6.45, 7) is 3.89. The molecule has 0 bridgehead atoms. The van der Waals surface area contributed by atoms with Gasteiger partial charge in [0.2, 0.25) is 0 Å². The van der Waals surface area contributed by atoms with E-state index in [9.17, 15) is 13.2 Å². The highest BCUT2D eigenvalue weighted by Crippen LogP contribution is 2.48. The molecule has 0 aliphatic heterocycles. The van der Waals surface area contributed by atoms with Crippen LogP contribution in [0.2, 0.25) is 0 Å². The van der Waals surface area contributed by atoms with Crippen molar-refractivity contribution < 1.29 is 13.2 Å². The molecule has 0 spiro atoms. The van der Waals surface area contributed by atoms with E-state index in [0.717, 1.165) is 48.7 Å². The summed E-state index contributed by atoms with van der Waals surface area (Å²) in [5, 5.41) is 9.97. The van der Waals surface area contributed by atoms with Crippen LogP contribution in [0.1, 0.15) is 73.6 Å². The SMILES string of the molecule is CC(C)(c1cc(C(F)(F)F)cs1)c1nnc(C2CC2)n1C1CC1. The number of aromatic nitrogens is 3. The molecule has 0 unspecified atom stereocenters. The molecular formula is C16H18F3N3S. The maximum absolute atomic E-state index is 12.9. The number of rotatable bonds is 4. The van der Waals surface area contributed by atoms with Gasteiger partial charge in [-0.15, -0.1) is 21.5 Å². The van der Waals surface area contributed by atoms with Crippen LogP contribution in [-0.4, -0.2) is 14.8 Å². The first-order chi connectivity index (χ1) is 10.8. The van der Waals surface area contributed by atoms with Crippen molar-refractivity contribution in [3.8, 4) is 0 Å². The summed E-state index contributed by atoms with van der Waals surface area (Å²) in [6.07, 6.45) is 0.206. The van der Waals surface area contributed by atoms with Crippen molar-refractivity contribution >= 4 is 11.3 Å². The van der Waals surface area contributed by atoms with Gasteiger partial charge in [0.15, 0.2) is 0 Å². The van der Waals surface area contributed by atoms with E-state index < -0.39 is 17.2 Å². The maximum Gasteiger partial charge on any atom is 0.417 e. The zero-order valence-corrected chi connectivity index (χ0v) is 13.8. The van der Waals surface area contributed by atoms with Gasteiger partial charge in [-0.2, -0.15) is 13.2 Å². The van der Waals surface area contributed by atoms with Gasteiger partial charge in [-0.05, 0) is 45.6 Å². The third kappa shape index (κ3) is 2.58. The van der Waals surface area contributed by atoms with Crippen LogP contribution in [0.3, 0.4) is 0 Å². The Morgan fingerprint density at radius 3 is 2.35 bits per heavy atom. The van der Waals surface area contributed by atoms with Gasteiger partial charge in [0.05, 0.1) is 11.0 Å². The smallest absolute Gasteiger partial charge is 0.311 e. The second-order valence-corrected chi connectivity index (χ2v) is 7.99. The van der Waals surface area contributed by atoms with Gasteiger partial charge in [-0.1, -0.05) is 0 Å². The lowest BCUT2D eigenvalue weighted by Gasteiger charge is -2.24. The second-order valence-electron chi connectivity index (χ2n) is 7.08. The molecule has 2 saturated carbocycles. The Morgan fingerprint density at radius 1 is 1.13 bits per heavy atom. The summed E-state index contributed by atoms with van der Waals surface area (Å²) in [5.74, 6) is 2.32. The summed E-state index contributed by atoms with van der Waals surface area (Å²) < 4.78 is 40.9. The Kier molecular flexibility index (Phi) is 3.18. The molecule has 23 heavy (non-hydrogen) atoms. The van der Waals surface area contributed by atoms with Crippen molar-refractivity contribution in [3.05, 3.63) is 33.5 Å². The van der Waals surface area contributed by atoms with E-state index in [1.54, 1.807) is 0 Å². The molecule has 4 rings (SSSR count). The Labute approximate surface area is 136 Å². The van der Waals surface area contributed by atoms with Crippen LogP contribution < -0.4 is 0 Å². The van der Waals surface area contributed by atoms with E-state index in [2.05, 4.69) is 14.8 Å². The van der Waals surface area contributed by atoms with Gasteiger partial charge in [0.25, 0.3) is 0 Å². The lowest BCUT2D eigenvalue weighted by Crippen LogP contribution is -2.24. The molecule has 2 heterocycles. The fourth-order valence-electron chi connectivity index (χ4n) is 2.97. The largest absolute Gasteiger partial charge is 0.417 e. The minimum atomic E-state index is -4.30. The number of hydrogen-bond acceptors (Lipinski definition) is 3. The third-order valence-electron chi connectivity index (χ3n) is 4.68. The first kappa shape index (κ1) is 15.2. The van der Waals surface area contributed by atoms with Crippen LogP contribution in [0.15, 0.2) is 11.4 Å². The quantitative estimate of drug-likeness (QED) is 0.792. The van der Waals surface area contributed by atoms with Gasteiger partial charge in [-0.25, -0.2) is 0 Å². The fourth-order valence-corrected chi connectivity index (χ4v) is 4.00. The van der Waals surface area contributed by atoms with Crippen molar-refractivity contribution in [1.29, 1.82) is 0 Å². The molecule has 0 saturated heterocycles. The number of hydrogen-bond donors (Lipinski definition) is 0. The Balaban J connectivity index is 1.75. The lowest BCUT2D eigenvalue weighted by molar-refractivity contribution is -0.137.